The van der Waals surface area contributed by atoms with Crippen molar-refractivity contribution in [2.45, 2.75) is 0 Å². The Hall–Kier alpha value is -3.79. The molecule has 0 unspecified atom stereocenters. The van der Waals surface area contributed by atoms with Crippen LogP contribution in [-0.4, -0.2) is 24.6 Å². The van der Waals surface area contributed by atoms with Crippen molar-refractivity contribution in [1.82, 2.24) is 0 Å². The van der Waals surface area contributed by atoms with Gasteiger partial charge in [0.2, 0.25) is 0 Å². The fourth-order valence-electron chi connectivity index (χ4n) is 2.64. The van der Waals surface area contributed by atoms with Crippen LogP contribution >= 0.6 is 0 Å². The van der Waals surface area contributed by atoms with Crippen molar-refractivity contribution in [3.8, 4) is 0 Å². The SMILES string of the molecule is COC(=O)C(=N/C(=C/C(=O)c1ccccc1)c1ccccc1)c1ccccc1. The Bertz CT molecular complexity index is 1010. The molecule has 3 rings (SSSR count). The Morgan fingerprint density at radius 2 is 1.18 bits per heavy atom. The van der Waals surface area contributed by atoms with Gasteiger partial charge in [-0.3, -0.25) is 4.79 Å². The lowest BCUT2D eigenvalue weighted by atomic mass is 10.1. The largest absolute Gasteiger partial charge is 0.464 e. The molecule has 0 amide bonds. The highest BCUT2D eigenvalue weighted by Crippen LogP contribution is 2.19. The van der Waals surface area contributed by atoms with Crippen LogP contribution in [0.1, 0.15) is 21.5 Å². The average Bonchev–Trinajstić information content (AvgIpc) is 2.77. The molecular weight excluding hydrogens is 350 g/mol. The van der Waals surface area contributed by atoms with Crippen molar-refractivity contribution in [2.75, 3.05) is 7.11 Å². The fraction of sp³-hybridized carbons (Fsp3) is 0.0417. The minimum Gasteiger partial charge on any atom is -0.464 e. The van der Waals surface area contributed by atoms with Crippen molar-refractivity contribution >= 4 is 23.2 Å². The lowest BCUT2D eigenvalue weighted by molar-refractivity contribution is -0.132. The van der Waals surface area contributed by atoms with E-state index in [1.165, 1.54) is 13.2 Å². The van der Waals surface area contributed by atoms with Crippen LogP contribution in [0.5, 0.6) is 0 Å². The van der Waals surface area contributed by atoms with Crippen molar-refractivity contribution in [2.24, 2.45) is 4.99 Å². The monoisotopic (exact) mass is 369 g/mol. The summed E-state index contributed by atoms with van der Waals surface area (Å²) < 4.78 is 4.91. The number of hydrogen-bond donors (Lipinski definition) is 0. The molecule has 0 radical (unpaired) electrons. The number of hydrogen-bond acceptors (Lipinski definition) is 4. The summed E-state index contributed by atoms with van der Waals surface area (Å²) in [4.78, 5) is 29.6. The molecule has 0 aromatic heterocycles. The molecule has 0 aliphatic rings. The molecule has 0 saturated heterocycles. The molecule has 0 saturated carbocycles. The predicted molar refractivity (Wildman–Crippen MR) is 110 cm³/mol. The van der Waals surface area contributed by atoms with E-state index in [1.54, 1.807) is 36.4 Å². The van der Waals surface area contributed by atoms with Crippen LogP contribution in [0.3, 0.4) is 0 Å². The third-order valence-corrected chi connectivity index (χ3v) is 4.05. The Kier molecular flexibility index (Phi) is 6.26. The molecule has 0 atom stereocenters. The van der Waals surface area contributed by atoms with Crippen LogP contribution in [0.4, 0.5) is 0 Å². The van der Waals surface area contributed by atoms with Gasteiger partial charge in [-0.1, -0.05) is 91.0 Å². The number of ketones is 1. The Morgan fingerprint density at radius 3 is 1.68 bits per heavy atom. The van der Waals surface area contributed by atoms with E-state index < -0.39 is 5.97 Å². The lowest BCUT2D eigenvalue weighted by Gasteiger charge is -2.08. The van der Waals surface area contributed by atoms with E-state index in [0.717, 1.165) is 5.56 Å². The maximum absolute atomic E-state index is 12.7. The summed E-state index contributed by atoms with van der Waals surface area (Å²) in [6.07, 6.45) is 1.44. The number of rotatable bonds is 6. The number of allylic oxidation sites excluding steroid dienone is 1. The van der Waals surface area contributed by atoms with Gasteiger partial charge >= 0.3 is 5.97 Å². The van der Waals surface area contributed by atoms with Crippen molar-refractivity contribution < 1.29 is 14.3 Å². The van der Waals surface area contributed by atoms with E-state index in [0.29, 0.717) is 16.8 Å². The molecule has 28 heavy (non-hydrogen) atoms. The van der Waals surface area contributed by atoms with Gasteiger partial charge < -0.3 is 4.74 Å². The smallest absolute Gasteiger partial charge is 0.357 e. The van der Waals surface area contributed by atoms with E-state index in [1.807, 2.05) is 54.6 Å². The Morgan fingerprint density at radius 1 is 0.714 bits per heavy atom. The summed E-state index contributed by atoms with van der Waals surface area (Å²) >= 11 is 0. The minimum absolute atomic E-state index is 0.138. The number of esters is 1. The second-order valence-corrected chi connectivity index (χ2v) is 5.94. The number of benzene rings is 3. The summed E-state index contributed by atoms with van der Waals surface area (Å²) in [6.45, 7) is 0. The average molecular weight is 369 g/mol. The summed E-state index contributed by atoms with van der Waals surface area (Å²) in [5.74, 6) is -0.763. The van der Waals surface area contributed by atoms with Gasteiger partial charge in [-0.2, -0.15) is 0 Å². The van der Waals surface area contributed by atoms with E-state index in [2.05, 4.69) is 4.99 Å². The molecule has 3 aromatic carbocycles. The summed E-state index contributed by atoms with van der Waals surface area (Å²) in [6, 6.07) is 27.2. The van der Waals surface area contributed by atoms with Gasteiger partial charge in [-0.05, 0) is 0 Å². The molecule has 4 nitrogen and oxygen atoms in total. The first-order chi connectivity index (χ1) is 13.7. The maximum atomic E-state index is 12.7. The van der Waals surface area contributed by atoms with Gasteiger partial charge in [0.15, 0.2) is 11.5 Å². The first kappa shape index (κ1) is 19.0. The van der Waals surface area contributed by atoms with Crippen LogP contribution in [0.25, 0.3) is 5.70 Å². The minimum atomic E-state index is -0.569. The highest BCUT2D eigenvalue weighted by Gasteiger charge is 2.16. The molecule has 0 aliphatic carbocycles. The number of nitrogens with zero attached hydrogens (tertiary/aromatic N) is 1. The molecule has 0 N–H and O–H groups in total. The van der Waals surface area contributed by atoms with Gasteiger partial charge in [0.05, 0.1) is 12.8 Å². The topological polar surface area (TPSA) is 55.7 Å². The molecule has 4 heteroatoms. The third kappa shape index (κ3) is 4.68. The highest BCUT2D eigenvalue weighted by molar-refractivity contribution is 6.44. The molecule has 0 heterocycles. The molecule has 3 aromatic rings. The van der Waals surface area contributed by atoms with Crippen LogP contribution in [-0.2, 0) is 9.53 Å². The van der Waals surface area contributed by atoms with Crippen molar-refractivity contribution in [1.29, 1.82) is 0 Å². The highest BCUT2D eigenvalue weighted by atomic mass is 16.5. The Labute approximate surface area is 163 Å². The van der Waals surface area contributed by atoms with E-state index in [9.17, 15) is 9.59 Å². The zero-order valence-electron chi connectivity index (χ0n) is 15.4. The van der Waals surface area contributed by atoms with E-state index in [-0.39, 0.29) is 11.5 Å². The standard InChI is InChI=1S/C24H19NO3/c1-28-24(27)23(20-15-9-4-10-16-20)25-21(18-11-5-2-6-12-18)17-22(26)19-13-7-3-8-14-19/h2-17H,1H3/b21-17+,25-23?. The molecular formula is C24H19NO3. The molecule has 138 valence electrons. The van der Waals surface area contributed by atoms with E-state index >= 15 is 0 Å². The predicted octanol–water partition coefficient (Wildman–Crippen LogP) is 4.57. The number of carbonyl (C=O) groups excluding carboxylic acids is 2. The second-order valence-electron chi connectivity index (χ2n) is 5.94. The fourth-order valence-corrected chi connectivity index (χ4v) is 2.64. The summed E-state index contributed by atoms with van der Waals surface area (Å²) in [7, 11) is 1.31. The number of aliphatic imine (C=N–C) groups is 1. The Balaban J connectivity index is 2.13. The number of carbonyl (C=O) groups is 2. The van der Waals surface area contributed by atoms with Crippen LogP contribution in [0.2, 0.25) is 0 Å². The molecule has 0 fully saturated rings. The van der Waals surface area contributed by atoms with Crippen molar-refractivity contribution in [3.63, 3.8) is 0 Å². The van der Waals surface area contributed by atoms with Gasteiger partial charge in [-0.25, -0.2) is 9.79 Å². The third-order valence-electron chi connectivity index (χ3n) is 4.05. The first-order valence-electron chi connectivity index (χ1n) is 8.78. The van der Waals surface area contributed by atoms with Gasteiger partial charge in [0.1, 0.15) is 0 Å². The van der Waals surface area contributed by atoms with E-state index in [4.69, 9.17) is 4.74 Å². The zero-order chi connectivity index (χ0) is 19.8. The zero-order valence-corrected chi connectivity index (χ0v) is 15.4. The number of methoxy groups -OCH3 is 1. The molecule has 0 bridgehead atoms. The maximum Gasteiger partial charge on any atom is 0.357 e. The summed E-state index contributed by atoms with van der Waals surface area (Å²) in [5.41, 5.74) is 2.41. The lowest BCUT2D eigenvalue weighted by Crippen LogP contribution is -2.17. The first-order valence-corrected chi connectivity index (χ1v) is 8.78. The van der Waals surface area contributed by atoms with Gasteiger partial charge in [0, 0.05) is 22.8 Å². The second kappa shape index (κ2) is 9.24. The van der Waals surface area contributed by atoms with Crippen LogP contribution < -0.4 is 0 Å². The summed E-state index contributed by atoms with van der Waals surface area (Å²) in [5, 5.41) is 0. The number of ether oxygens (including phenoxy) is 1. The van der Waals surface area contributed by atoms with Crippen LogP contribution in [0.15, 0.2) is 102 Å². The van der Waals surface area contributed by atoms with Gasteiger partial charge in [-0.15, -0.1) is 0 Å². The molecule has 0 aliphatic heterocycles. The van der Waals surface area contributed by atoms with Crippen molar-refractivity contribution in [3.05, 3.63) is 114 Å². The molecule has 0 spiro atoms. The quantitative estimate of drug-likeness (QED) is 0.277. The van der Waals surface area contributed by atoms with Gasteiger partial charge in [0.25, 0.3) is 0 Å². The normalized spacial score (nSPS) is 11.8. The van der Waals surface area contributed by atoms with Crippen LogP contribution in [0, 0.1) is 0 Å².